The van der Waals surface area contributed by atoms with Gasteiger partial charge in [-0.05, 0) is 31.4 Å². The zero-order chi connectivity index (χ0) is 10.3. The van der Waals surface area contributed by atoms with Crippen molar-refractivity contribution in [1.29, 1.82) is 0 Å². The van der Waals surface area contributed by atoms with Gasteiger partial charge in [0.2, 0.25) is 0 Å². The first-order valence-corrected chi connectivity index (χ1v) is 4.47. The highest BCUT2D eigenvalue weighted by Crippen LogP contribution is 2.37. The first-order chi connectivity index (χ1) is 6.52. The molecular formula is C10H11F2NO. The van der Waals surface area contributed by atoms with E-state index in [1.807, 2.05) is 0 Å². The summed E-state index contributed by atoms with van der Waals surface area (Å²) < 4.78 is 26.5. The minimum absolute atomic E-state index is 0.106. The van der Waals surface area contributed by atoms with E-state index in [0.717, 1.165) is 25.0 Å². The summed E-state index contributed by atoms with van der Waals surface area (Å²) in [6.45, 7) is 0. The van der Waals surface area contributed by atoms with Crippen LogP contribution in [-0.4, -0.2) is 10.6 Å². The number of hydrogen-bond acceptors (Lipinski definition) is 2. The van der Waals surface area contributed by atoms with Crippen LogP contribution in [0.5, 0.6) is 5.75 Å². The molecule has 3 N–H and O–H groups in total. The lowest BCUT2D eigenvalue weighted by Gasteiger charge is -2.10. The van der Waals surface area contributed by atoms with Crippen LogP contribution in [-0.2, 0) is 6.42 Å². The van der Waals surface area contributed by atoms with Crippen LogP contribution in [0.2, 0.25) is 0 Å². The minimum Gasteiger partial charge on any atom is -0.505 e. The molecule has 1 aromatic carbocycles. The standard InChI is InChI=1S/C10H11F2NO/c11-7-1-2-8(14)9(12)6(7)5-10(13)3-4-10/h1-2,14H,3-5,13H2. The molecular weight excluding hydrogens is 188 g/mol. The van der Waals surface area contributed by atoms with E-state index in [1.54, 1.807) is 0 Å². The Balaban J connectivity index is 2.35. The van der Waals surface area contributed by atoms with Gasteiger partial charge in [0.15, 0.2) is 11.6 Å². The molecule has 0 aromatic heterocycles. The third-order valence-electron chi connectivity index (χ3n) is 2.59. The summed E-state index contributed by atoms with van der Waals surface area (Å²) in [4.78, 5) is 0. The molecule has 0 aliphatic heterocycles. The van der Waals surface area contributed by atoms with E-state index >= 15 is 0 Å². The zero-order valence-electron chi connectivity index (χ0n) is 7.56. The monoisotopic (exact) mass is 199 g/mol. The Kier molecular flexibility index (Phi) is 1.96. The number of phenolic OH excluding ortho intramolecular Hbond substituents is 1. The molecule has 0 atom stereocenters. The van der Waals surface area contributed by atoms with Crippen molar-refractivity contribution >= 4 is 0 Å². The van der Waals surface area contributed by atoms with Gasteiger partial charge < -0.3 is 10.8 Å². The molecule has 0 amide bonds. The largest absolute Gasteiger partial charge is 0.505 e. The first kappa shape index (κ1) is 9.40. The lowest BCUT2D eigenvalue weighted by Crippen LogP contribution is -2.25. The Labute approximate surface area is 80.4 Å². The average Bonchev–Trinajstić information content (AvgIpc) is 2.86. The molecule has 0 unspecified atom stereocenters. The van der Waals surface area contributed by atoms with Crippen LogP contribution in [0, 0.1) is 11.6 Å². The SMILES string of the molecule is NC1(Cc2c(F)ccc(O)c2F)CC1. The number of aromatic hydroxyl groups is 1. The van der Waals surface area contributed by atoms with Gasteiger partial charge in [0.05, 0.1) is 0 Å². The van der Waals surface area contributed by atoms with E-state index in [-0.39, 0.29) is 12.0 Å². The van der Waals surface area contributed by atoms with Crippen LogP contribution in [0.3, 0.4) is 0 Å². The van der Waals surface area contributed by atoms with Gasteiger partial charge in [0, 0.05) is 11.1 Å². The van der Waals surface area contributed by atoms with Crippen molar-refractivity contribution in [3.05, 3.63) is 29.3 Å². The van der Waals surface area contributed by atoms with Gasteiger partial charge in [-0.3, -0.25) is 0 Å². The summed E-state index contributed by atoms with van der Waals surface area (Å²) in [6.07, 6.45) is 1.71. The highest BCUT2D eigenvalue weighted by molar-refractivity contribution is 5.33. The fraction of sp³-hybridized carbons (Fsp3) is 0.400. The maximum atomic E-state index is 13.3. The molecule has 0 heterocycles. The molecule has 14 heavy (non-hydrogen) atoms. The van der Waals surface area contributed by atoms with Gasteiger partial charge in [-0.15, -0.1) is 0 Å². The van der Waals surface area contributed by atoms with Crippen molar-refractivity contribution in [2.45, 2.75) is 24.8 Å². The lowest BCUT2D eigenvalue weighted by molar-refractivity contribution is 0.419. The quantitative estimate of drug-likeness (QED) is 0.761. The first-order valence-electron chi connectivity index (χ1n) is 4.47. The second kappa shape index (κ2) is 2.92. The maximum Gasteiger partial charge on any atom is 0.170 e. The van der Waals surface area contributed by atoms with Crippen LogP contribution in [0.15, 0.2) is 12.1 Å². The topological polar surface area (TPSA) is 46.2 Å². The Hall–Kier alpha value is -1.16. The molecule has 1 saturated carbocycles. The number of nitrogens with two attached hydrogens (primary N) is 1. The summed E-state index contributed by atoms with van der Waals surface area (Å²) in [7, 11) is 0. The van der Waals surface area contributed by atoms with Gasteiger partial charge in [-0.25, -0.2) is 8.78 Å². The fourth-order valence-corrected chi connectivity index (χ4v) is 1.44. The van der Waals surface area contributed by atoms with Crippen molar-refractivity contribution in [1.82, 2.24) is 0 Å². The Morgan fingerprint density at radius 2 is 2.00 bits per heavy atom. The van der Waals surface area contributed by atoms with Gasteiger partial charge >= 0.3 is 0 Å². The summed E-state index contributed by atoms with van der Waals surface area (Å²) in [6, 6.07) is 2.06. The number of rotatable bonds is 2. The number of benzene rings is 1. The summed E-state index contributed by atoms with van der Waals surface area (Å²) in [5.74, 6) is -2.05. The van der Waals surface area contributed by atoms with Crippen molar-refractivity contribution < 1.29 is 13.9 Å². The molecule has 2 nitrogen and oxygen atoms in total. The zero-order valence-corrected chi connectivity index (χ0v) is 7.56. The molecule has 1 aliphatic rings. The van der Waals surface area contributed by atoms with E-state index < -0.39 is 22.9 Å². The second-order valence-electron chi connectivity index (χ2n) is 3.90. The Morgan fingerprint density at radius 3 is 2.57 bits per heavy atom. The van der Waals surface area contributed by atoms with E-state index in [2.05, 4.69) is 0 Å². The molecule has 1 fully saturated rings. The molecule has 76 valence electrons. The average molecular weight is 199 g/mol. The summed E-state index contributed by atoms with van der Waals surface area (Å²) in [5, 5.41) is 9.06. The van der Waals surface area contributed by atoms with Crippen LogP contribution in [0.25, 0.3) is 0 Å². The van der Waals surface area contributed by atoms with E-state index in [9.17, 15) is 8.78 Å². The molecule has 2 rings (SSSR count). The second-order valence-corrected chi connectivity index (χ2v) is 3.90. The van der Waals surface area contributed by atoms with Gasteiger partial charge in [-0.2, -0.15) is 0 Å². The molecule has 1 aromatic rings. The molecule has 0 radical (unpaired) electrons. The lowest BCUT2D eigenvalue weighted by atomic mass is 10.0. The molecule has 0 saturated heterocycles. The fourth-order valence-electron chi connectivity index (χ4n) is 1.44. The van der Waals surface area contributed by atoms with Gasteiger partial charge in [0.25, 0.3) is 0 Å². The summed E-state index contributed by atoms with van der Waals surface area (Å²) >= 11 is 0. The third kappa shape index (κ3) is 1.57. The number of hydrogen-bond donors (Lipinski definition) is 2. The predicted octanol–water partition coefficient (Wildman–Crippen LogP) is 1.70. The van der Waals surface area contributed by atoms with Crippen molar-refractivity contribution in [2.24, 2.45) is 5.73 Å². The van der Waals surface area contributed by atoms with Gasteiger partial charge in [0.1, 0.15) is 5.82 Å². The highest BCUT2D eigenvalue weighted by Gasteiger charge is 2.39. The predicted molar refractivity (Wildman–Crippen MR) is 47.9 cm³/mol. The highest BCUT2D eigenvalue weighted by atomic mass is 19.1. The molecule has 0 spiro atoms. The van der Waals surface area contributed by atoms with E-state index in [1.165, 1.54) is 0 Å². The normalized spacial score (nSPS) is 18.2. The smallest absolute Gasteiger partial charge is 0.170 e. The van der Waals surface area contributed by atoms with Crippen molar-refractivity contribution in [3.63, 3.8) is 0 Å². The van der Waals surface area contributed by atoms with Crippen LogP contribution in [0.1, 0.15) is 18.4 Å². The van der Waals surface area contributed by atoms with Crippen molar-refractivity contribution in [3.8, 4) is 5.75 Å². The van der Waals surface area contributed by atoms with E-state index in [4.69, 9.17) is 10.8 Å². The number of halogens is 2. The molecule has 0 bridgehead atoms. The van der Waals surface area contributed by atoms with Crippen LogP contribution < -0.4 is 5.73 Å². The van der Waals surface area contributed by atoms with Crippen LogP contribution >= 0.6 is 0 Å². The molecule has 4 heteroatoms. The minimum atomic E-state index is -0.887. The van der Waals surface area contributed by atoms with Crippen molar-refractivity contribution in [2.75, 3.05) is 0 Å². The Bertz CT molecular complexity index is 375. The maximum absolute atomic E-state index is 13.3. The van der Waals surface area contributed by atoms with Gasteiger partial charge in [-0.1, -0.05) is 0 Å². The molecule has 1 aliphatic carbocycles. The van der Waals surface area contributed by atoms with Crippen LogP contribution in [0.4, 0.5) is 8.78 Å². The van der Waals surface area contributed by atoms with E-state index in [0.29, 0.717) is 0 Å². The Morgan fingerprint density at radius 1 is 1.36 bits per heavy atom. The summed E-state index contributed by atoms with van der Waals surface area (Å²) in [5.41, 5.74) is 5.18. The number of phenols is 1. The third-order valence-corrected chi connectivity index (χ3v) is 2.59.